The molecule has 1 aromatic rings. The van der Waals surface area contributed by atoms with Gasteiger partial charge < -0.3 is 9.84 Å². The van der Waals surface area contributed by atoms with E-state index < -0.39 is 18.7 Å². The minimum absolute atomic E-state index is 0.0417. The van der Waals surface area contributed by atoms with E-state index in [4.69, 9.17) is 4.74 Å². The van der Waals surface area contributed by atoms with E-state index in [0.29, 0.717) is 17.7 Å². The van der Waals surface area contributed by atoms with E-state index in [1.54, 1.807) is 12.1 Å². The number of aliphatic hydroxyl groups excluding tert-OH is 1. The number of alkyl halides is 3. The van der Waals surface area contributed by atoms with E-state index in [1.807, 2.05) is 6.92 Å². The van der Waals surface area contributed by atoms with Crippen LogP contribution in [0.3, 0.4) is 0 Å². The number of aliphatic hydroxyl groups is 1. The molecule has 0 bridgehead atoms. The quantitative estimate of drug-likeness (QED) is 0.869. The molecule has 1 N–H and O–H groups in total. The van der Waals surface area contributed by atoms with Crippen LogP contribution < -0.4 is 4.74 Å². The maximum atomic E-state index is 12.1. The summed E-state index contributed by atoms with van der Waals surface area (Å²) in [6.07, 6.45) is -6.37. The molecule has 5 heteroatoms. The summed E-state index contributed by atoms with van der Waals surface area (Å²) in [6, 6.07) is 4.69. The monoisotopic (exact) mass is 246 g/mol. The van der Waals surface area contributed by atoms with E-state index in [0.717, 1.165) is 5.56 Å². The number of benzene rings is 1. The molecule has 0 saturated carbocycles. The molecule has 1 heterocycles. The highest BCUT2D eigenvalue weighted by Crippen LogP contribution is 2.34. The average Bonchev–Trinajstić information content (AvgIpc) is 2.53. The fraction of sp³-hybridized carbons (Fsp3) is 0.500. The fourth-order valence-corrected chi connectivity index (χ4v) is 1.99. The van der Waals surface area contributed by atoms with E-state index in [2.05, 4.69) is 0 Å². The Balaban J connectivity index is 2.16. The Labute approximate surface area is 97.0 Å². The molecule has 0 saturated heterocycles. The normalized spacial score (nSPS) is 20.9. The molecule has 0 spiro atoms. The first-order valence-electron chi connectivity index (χ1n) is 5.39. The predicted molar refractivity (Wildman–Crippen MR) is 55.9 cm³/mol. The Morgan fingerprint density at radius 2 is 2.18 bits per heavy atom. The first kappa shape index (κ1) is 12.2. The van der Waals surface area contributed by atoms with Crippen LogP contribution in [0.5, 0.6) is 5.75 Å². The molecular weight excluding hydrogens is 233 g/mol. The summed E-state index contributed by atoms with van der Waals surface area (Å²) in [6.45, 7) is 1.89. The number of ether oxygens (including phenoxy) is 1. The van der Waals surface area contributed by atoms with Gasteiger partial charge in [-0.1, -0.05) is 6.07 Å². The fourth-order valence-electron chi connectivity index (χ4n) is 1.99. The zero-order valence-electron chi connectivity index (χ0n) is 9.29. The standard InChI is InChI=1S/C12H13F3O2/c1-7-4-9-5-8(2-3-11(9)17-7)10(16)6-12(13,14)15/h2-3,5,7,10,16H,4,6H2,1H3. The summed E-state index contributed by atoms with van der Waals surface area (Å²) < 4.78 is 41.9. The highest BCUT2D eigenvalue weighted by Gasteiger charge is 2.32. The molecule has 2 nitrogen and oxygen atoms in total. The third-order valence-corrected chi connectivity index (χ3v) is 2.73. The lowest BCUT2D eigenvalue weighted by molar-refractivity contribution is -0.154. The van der Waals surface area contributed by atoms with Crippen molar-refractivity contribution in [3.8, 4) is 5.75 Å². The second kappa shape index (κ2) is 4.22. The van der Waals surface area contributed by atoms with Gasteiger partial charge in [0.25, 0.3) is 0 Å². The SMILES string of the molecule is CC1Cc2cc(C(O)CC(F)(F)F)ccc2O1. The molecule has 0 radical (unpaired) electrons. The lowest BCUT2D eigenvalue weighted by Crippen LogP contribution is -2.13. The largest absolute Gasteiger partial charge is 0.490 e. The van der Waals surface area contributed by atoms with Crippen molar-refractivity contribution >= 4 is 0 Å². The van der Waals surface area contributed by atoms with Crippen LogP contribution in [0.2, 0.25) is 0 Å². The van der Waals surface area contributed by atoms with Crippen molar-refractivity contribution in [1.82, 2.24) is 0 Å². The van der Waals surface area contributed by atoms with E-state index >= 15 is 0 Å². The van der Waals surface area contributed by atoms with Crippen LogP contribution in [0.4, 0.5) is 13.2 Å². The van der Waals surface area contributed by atoms with Gasteiger partial charge in [-0.25, -0.2) is 0 Å². The van der Waals surface area contributed by atoms with Crippen molar-refractivity contribution in [3.63, 3.8) is 0 Å². The molecule has 1 aliphatic heterocycles. The molecule has 0 aromatic heterocycles. The van der Waals surface area contributed by atoms with Gasteiger partial charge in [-0.3, -0.25) is 0 Å². The third kappa shape index (κ3) is 2.91. The van der Waals surface area contributed by atoms with Gasteiger partial charge in [0.1, 0.15) is 11.9 Å². The van der Waals surface area contributed by atoms with Crippen molar-refractivity contribution in [1.29, 1.82) is 0 Å². The van der Waals surface area contributed by atoms with Gasteiger partial charge >= 0.3 is 6.18 Å². The number of halogens is 3. The molecule has 94 valence electrons. The second-order valence-corrected chi connectivity index (χ2v) is 4.33. The van der Waals surface area contributed by atoms with Gasteiger partial charge in [-0.05, 0) is 30.2 Å². The lowest BCUT2D eigenvalue weighted by atomic mass is 10.0. The van der Waals surface area contributed by atoms with Gasteiger partial charge in [-0.2, -0.15) is 13.2 Å². The molecule has 17 heavy (non-hydrogen) atoms. The van der Waals surface area contributed by atoms with Crippen molar-refractivity contribution in [3.05, 3.63) is 29.3 Å². The van der Waals surface area contributed by atoms with Gasteiger partial charge in [0.05, 0.1) is 12.5 Å². The molecule has 2 atom stereocenters. The summed E-state index contributed by atoms with van der Waals surface area (Å²) >= 11 is 0. The summed E-state index contributed by atoms with van der Waals surface area (Å²) in [5.41, 5.74) is 1.15. The van der Waals surface area contributed by atoms with Crippen LogP contribution in [0.15, 0.2) is 18.2 Å². The molecule has 0 fully saturated rings. The number of hydrogen-bond acceptors (Lipinski definition) is 2. The molecule has 2 unspecified atom stereocenters. The van der Waals surface area contributed by atoms with Crippen LogP contribution in [0.25, 0.3) is 0 Å². The molecule has 0 aliphatic carbocycles. The van der Waals surface area contributed by atoms with Crippen molar-refractivity contribution in [2.24, 2.45) is 0 Å². The molecular formula is C12H13F3O2. The molecule has 1 aromatic carbocycles. The summed E-state index contributed by atoms with van der Waals surface area (Å²) in [7, 11) is 0. The number of hydrogen-bond donors (Lipinski definition) is 1. The summed E-state index contributed by atoms with van der Waals surface area (Å²) in [5.74, 6) is 0.695. The van der Waals surface area contributed by atoms with Crippen LogP contribution in [-0.4, -0.2) is 17.4 Å². The van der Waals surface area contributed by atoms with Gasteiger partial charge in [0, 0.05) is 6.42 Å². The summed E-state index contributed by atoms with van der Waals surface area (Å²) in [5, 5.41) is 9.49. The highest BCUT2D eigenvalue weighted by atomic mass is 19.4. The van der Waals surface area contributed by atoms with Crippen molar-refractivity contribution in [2.45, 2.75) is 38.1 Å². The van der Waals surface area contributed by atoms with Gasteiger partial charge in [0.2, 0.25) is 0 Å². The minimum atomic E-state index is -4.36. The number of fused-ring (bicyclic) bond motifs is 1. The predicted octanol–water partition coefficient (Wildman–Crippen LogP) is 3.00. The third-order valence-electron chi connectivity index (χ3n) is 2.73. The minimum Gasteiger partial charge on any atom is -0.490 e. The van der Waals surface area contributed by atoms with Crippen molar-refractivity contribution < 1.29 is 23.0 Å². The van der Waals surface area contributed by atoms with Crippen LogP contribution in [-0.2, 0) is 6.42 Å². The second-order valence-electron chi connectivity index (χ2n) is 4.33. The Morgan fingerprint density at radius 1 is 1.47 bits per heavy atom. The average molecular weight is 246 g/mol. The Kier molecular flexibility index (Phi) is 3.03. The number of rotatable bonds is 2. The Hall–Kier alpha value is -1.23. The molecule has 0 amide bonds. The first-order chi connectivity index (χ1) is 7.85. The first-order valence-corrected chi connectivity index (χ1v) is 5.39. The zero-order chi connectivity index (χ0) is 12.6. The van der Waals surface area contributed by atoms with Gasteiger partial charge in [0.15, 0.2) is 0 Å². The van der Waals surface area contributed by atoms with Gasteiger partial charge in [-0.15, -0.1) is 0 Å². The van der Waals surface area contributed by atoms with E-state index in [-0.39, 0.29) is 6.10 Å². The summed E-state index contributed by atoms with van der Waals surface area (Å²) in [4.78, 5) is 0. The van der Waals surface area contributed by atoms with Crippen LogP contribution >= 0.6 is 0 Å². The Morgan fingerprint density at radius 3 is 2.82 bits per heavy atom. The Bertz CT molecular complexity index is 415. The van der Waals surface area contributed by atoms with Crippen LogP contribution in [0.1, 0.15) is 30.6 Å². The maximum Gasteiger partial charge on any atom is 0.391 e. The van der Waals surface area contributed by atoms with Crippen LogP contribution in [0, 0.1) is 0 Å². The topological polar surface area (TPSA) is 29.5 Å². The van der Waals surface area contributed by atoms with Crippen molar-refractivity contribution in [2.75, 3.05) is 0 Å². The smallest absolute Gasteiger partial charge is 0.391 e. The zero-order valence-corrected chi connectivity index (χ0v) is 9.29. The lowest BCUT2D eigenvalue weighted by Gasteiger charge is -2.14. The van der Waals surface area contributed by atoms with E-state index in [1.165, 1.54) is 6.07 Å². The highest BCUT2D eigenvalue weighted by molar-refractivity contribution is 5.41. The van der Waals surface area contributed by atoms with E-state index in [9.17, 15) is 18.3 Å². The molecule has 2 rings (SSSR count). The maximum absolute atomic E-state index is 12.1. The molecule has 1 aliphatic rings.